The number of amides is 2. The summed E-state index contributed by atoms with van der Waals surface area (Å²) in [5.74, 6) is -0.356. The molecule has 0 saturated heterocycles. The molecule has 0 heterocycles. The van der Waals surface area contributed by atoms with Crippen LogP contribution >= 0.6 is 0 Å². The zero-order valence-corrected chi connectivity index (χ0v) is 14.6. The van der Waals surface area contributed by atoms with Gasteiger partial charge in [0.05, 0.1) is 0 Å². The summed E-state index contributed by atoms with van der Waals surface area (Å²) in [5.41, 5.74) is 2.70. The number of carbonyl (C=O) groups is 2. The van der Waals surface area contributed by atoms with Crippen molar-refractivity contribution in [3.63, 3.8) is 0 Å². The summed E-state index contributed by atoms with van der Waals surface area (Å²) in [6.07, 6.45) is 0. The zero-order valence-electron chi connectivity index (χ0n) is 14.6. The average Bonchev–Trinajstić information content (AvgIpc) is 2.40. The lowest BCUT2D eigenvalue weighted by Crippen LogP contribution is -2.43. The second-order valence-corrected chi connectivity index (χ2v) is 6.77. The van der Waals surface area contributed by atoms with Crippen molar-refractivity contribution in [2.24, 2.45) is 11.8 Å². The van der Waals surface area contributed by atoms with Crippen molar-refractivity contribution in [1.29, 1.82) is 0 Å². The first-order chi connectivity index (χ1) is 10.2. The fourth-order valence-corrected chi connectivity index (χ4v) is 2.31. The molecular formula is C18H28N2O2. The number of anilines is 1. The highest BCUT2D eigenvalue weighted by atomic mass is 16.2. The number of nitrogens with one attached hydrogen (secondary N) is 1. The van der Waals surface area contributed by atoms with Crippen molar-refractivity contribution < 1.29 is 9.59 Å². The number of rotatable bonds is 5. The fraction of sp³-hybridized carbons (Fsp3) is 0.556. The first-order valence-electron chi connectivity index (χ1n) is 7.88. The van der Waals surface area contributed by atoms with Crippen LogP contribution in [0.2, 0.25) is 0 Å². The Kier molecular flexibility index (Phi) is 6.60. The van der Waals surface area contributed by atoms with Crippen LogP contribution in [0.1, 0.15) is 38.8 Å². The number of hydrogen-bond donors (Lipinski definition) is 1. The van der Waals surface area contributed by atoms with Crippen LogP contribution in [0.5, 0.6) is 0 Å². The molecule has 2 amide bonds. The summed E-state index contributed by atoms with van der Waals surface area (Å²) in [6.45, 7) is 13.2. The van der Waals surface area contributed by atoms with Gasteiger partial charge in [0.25, 0.3) is 0 Å². The van der Waals surface area contributed by atoms with Gasteiger partial charge in [0.2, 0.25) is 0 Å². The first-order valence-corrected chi connectivity index (χ1v) is 7.88. The van der Waals surface area contributed by atoms with Crippen molar-refractivity contribution >= 4 is 17.5 Å². The van der Waals surface area contributed by atoms with Crippen molar-refractivity contribution in [3.05, 3.63) is 29.3 Å². The second-order valence-electron chi connectivity index (χ2n) is 6.77. The molecular weight excluding hydrogens is 276 g/mol. The summed E-state index contributed by atoms with van der Waals surface area (Å²) < 4.78 is 0. The van der Waals surface area contributed by atoms with E-state index >= 15 is 0 Å². The van der Waals surface area contributed by atoms with E-state index < -0.39 is 11.8 Å². The Morgan fingerprint density at radius 2 is 1.59 bits per heavy atom. The van der Waals surface area contributed by atoms with Gasteiger partial charge in [0.15, 0.2) is 0 Å². The lowest BCUT2D eigenvalue weighted by Gasteiger charge is -2.25. The predicted molar refractivity (Wildman–Crippen MR) is 90.8 cm³/mol. The van der Waals surface area contributed by atoms with Gasteiger partial charge in [-0.2, -0.15) is 0 Å². The fourth-order valence-electron chi connectivity index (χ4n) is 2.31. The lowest BCUT2D eigenvalue weighted by molar-refractivity contribution is -0.143. The number of benzene rings is 1. The van der Waals surface area contributed by atoms with Crippen molar-refractivity contribution in [2.75, 3.05) is 18.4 Å². The van der Waals surface area contributed by atoms with Crippen LogP contribution in [0.3, 0.4) is 0 Å². The van der Waals surface area contributed by atoms with E-state index in [1.165, 1.54) is 0 Å². The smallest absolute Gasteiger partial charge is 0.313 e. The van der Waals surface area contributed by atoms with Gasteiger partial charge in [-0.15, -0.1) is 0 Å². The molecule has 22 heavy (non-hydrogen) atoms. The van der Waals surface area contributed by atoms with Crippen LogP contribution in [-0.4, -0.2) is 29.8 Å². The van der Waals surface area contributed by atoms with E-state index in [9.17, 15) is 9.59 Å². The summed E-state index contributed by atoms with van der Waals surface area (Å²) in [6, 6.07) is 5.81. The van der Waals surface area contributed by atoms with Crippen LogP contribution in [-0.2, 0) is 9.59 Å². The highest BCUT2D eigenvalue weighted by Crippen LogP contribution is 2.16. The van der Waals surface area contributed by atoms with E-state index in [0.717, 1.165) is 11.1 Å². The Bertz CT molecular complexity index is 526. The summed E-state index contributed by atoms with van der Waals surface area (Å²) in [4.78, 5) is 26.4. The van der Waals surface area contributed by atoms with Crippen molar-refractivity contribution in [3.8, 4) is 0 Å². The van der Waals surface area contributed by atoms with Crippen LogP contribution < -0.4 is 5.32 Å². The second kappa shape index (κ2) is 7.97. The maximum atomic E-state index is 12.4. The third-order valence-electron chi connectivity index (χ3n) is 3.29. The molecule has 0 aliphatic rings. The van der Waals surface area contributed by atoms with Crippen molar-refractivity contribution in [1.82, 2.24) is 4.90 Å². The Labute approximate surface area is 133 Å². The summed E-state index contributed by atoms with van der Waals surface area (Å²) >= 11 is 0. The van der Waals surface area contributed by atoms with Gasteiger partial charge < -0.3 is 10.2 Å². The Hall–Kier alpha value is -1.84. The molecule has 4 nitrogen and oxygen atoms in total. The van der Waals surface area contributed by atoms with Gasteiger partial charge >= 0.3 is 11.8 Å². The van der Waals surface area contributed by atoms with Gasteiger partial charge in [0.1, 0.15) is 0 Å². The molecule has 0 unspecified atom stereocenters. The predicted octanol–water partition coefficient (Wildman–Crippen LogP) is 3.38. The van der Waals surface area contributed by atoms with E-state index in [1.807, 2.05) is 59.7 Å². The molecule has 0 radical (unpaired) electrons. The Balaban J connectivity index is 2.84. The van der Waals surface area contributed by atoms with E-state index in [0.29, 0.717) is 30.6 Å². The number of nitrogens with zero attached hydrogens (tertiary/aromatic N) is 1. The molecule has 0 bridgehead atoms. The Morgan fingerprint density at radius 1 is 1.05 bits per heavy atom. The molecule has 1 N–H and O–H groups in total. The van der Waals surface area contributed by atoms with Crippen LogP contribution in [0, 0.1) is 25.7 Å². The SMILES string of the molecule is Cc1ccc(C)c(NC(=O)C(=O)N(CC(C)C)CC(C)C)c1. The van der Waals surface area contributed by atoms with Crippen LogP contribution in [0.15, 0.2) is 18.2 Å². The zero-order chi connectivity index (χ0) is 16.9. The van der Waals surface area contributed by atoms with Gasteiger partial charge in [-0.25, -0.2) is 0 Å². The van der Waals surface area contributed by atoms with E-state index in [4.69, 9.17) is 0 Å². The van der Waals surface area contributed by atoms with E-state index in [-0.39, 0.29) is 0 Å². The van der Waals surface area contributed by atoms with Gasteiger partial charge in [-0.05, 0) is 42.9 Å². The number of carbonyl (C=O) groups excluding carboxylic acids is 2. The maximum absolute atomic E-state index is 12.4. The highest BCUT2D eigenvalue weighted by Gasteiger charge is 2.23. The average molecular weight is 304 g/mol. The maximum Gasteiger partial charge on any atom is 0.313 e. The van der Waals surface area contributed by atoms with Crippen LogP contribution in [0.25, 0.3) is 0 Å². The van der Waals surface area contributed by atoms with Gasteiger partial charge in [0, 0.05) is 18.8 Å². The molecule has 1 aromatic rings. The summed E-state index contributed by atoms with van der Waals surface area (Å²) in [7, 11) is 0. The molecule has 0 atom stereocenters. The monoisotopic (exact) mass is 304 g/mol. The number of aryl methyl sites for hydroxylation is 2. The van der Waals surface area contributed by atoms with Crippen molar-refractivity contribution in [2.45, 2.75) is 41.5 Å². The minimum Gasteiger partial charge on any atom is -0.334 e. The molecule has 0 spiro atoms. The van der Waals surface area contributed by atoms with E-state index in [1.54, 1.807) is 4.90 Å². The quantitative estimate of drug-likeness (QED) is 0.848. The molecule has 1 aromatic carbocycles. The topological polar surface area (TPSA) is 49.4 Å². The van der Waals surface area contributed by atoms with Gasteiger partial charge in [-0.3, -0.25) is 9.59 Å². The standard InChI is InChI=1S/C18H28N2O2/c1-12(2)10-20(11-13(3)4)18(22)17(21)19-16-9-14(5)7-8-15(16)6/h7-9,12-13H,10-11H2,1-6H3,(H,19,21). The third kappa shape index (κ3) is 5.51. The number of hydrogen-bond acceptors (Lipinski definition) is 2. The molecule has 0 fully saturated rings. The molecule has 122 valence electrons. The van der Waals surface area contributed by atoms with Crippen LogP contribution in [0.4, 0.5) is 5.69 Å². The Morgan fingerprint density at radius 3 is 2.09 bits per heavy atom. The first kappa shape index (κ1) is 18.2. The molecule has 0 saturated carbocycles. The molecule has 0 aliphatic carbocycles. The normalized spacial score (nSPS) is 10.9. The lowest BCUT2D eigenvalue weighted by atomic mass is 10.1. The third-order valence-corrected chi connectivity index (χ3v) is 3.29. The largest absolute Gasteiger partial charge is 0.334 e. The summed E-state index contributed by atoms with van der Waals surface area (Å²) in [5, 5.41) is 2.75. The molecule has 1 rings (SSSR count). The highest BCUT2D eigenvalue weighted by molar-refractivity contribution is 6.39. The minimum absolute atomic E-state index is 0.330. The van der Waals surface area contributed by atoms with Gasteiger partial charge in [-0.1, -0.05) is 39.8 Å². The molecule has 0 aliphatic heterocycles. The minimum atomic E-state index is -0.560. The molecule has 4 heteroatoms. The molecule has 0 aromatic heterocycles. The van der Waals surface area contributed by atoms with E-state index in [2.05, 4.69) is 5.32 Å².